The Kier molecular flexibility index (Phi) is 2.99. The van der Waals surface area contributed by atoms with Crippen molar-refractivity contribution in [1.29, 1.82) is 0 Å². The molecule has 17 heavy (non-hydrogen) atoms. The molecule has 1 aliphatic heterocycles. The van der Waals surface area contributed by atoms with E-state index in [-0.39, 0.29) is 12.5 Å². The van der Waals surface area contributed by atoms with Crippen LogP contribution in [-0.2, 0) is 11.2 Å². The third-order valence-electron chi connectivity index (χ3n) is 2.80. The molecule has 1 heterocycles. The van der Waals surface area contributed by atoms with Crippen molar-refractivity contribution in [3.05, 3.63) is 29.3 Å². The second kappa shape index (κ2) is 4.45. The third-order valence-corrected chi connectivity index (χ3v) is 2.80. The van der Waals surface area contributed by atoms with Crippen molar-refractivity contribution >= 4 is 11.9 Å². The van der Waals surface area contributed by atoms with Crippen molar-refractivity contribution in [2.24, 2.45) is 0 Å². The Morgan fingerprint density at radius 3 is 2.94 bits per heavy atom. The topological polar surface area (TPSA) is 69.7 Å². The molecule has 0 unspecified atom stereocenters. The van der Waals surface area contributed by atoms with Crippen molar-refractivity contribution < 1.29 is 19.4 Å². The first-order valence-electron chi connectivity index (χ1n) is 5.28. The Morgan fingerprint density at radius 2 is 2.29 bits per heavy atom. The van der Waals surface area contributed by atoms with Crippen molar-refractivity contribution in [1.82, 2.24) is 4.90 Å². The largest absolute Gasteiger partial charge is 0.548 e. The van der Waals surface area contributed by atoms with Crippen LogP contribution in [0.4, 0.5) is 0 Å². The molecular formula is C12H12NO4-. The molecule has 90 valence electrons. The highest BCUT2D eigenvalue weighted by Crippen LogP contribution is 2.23. The van der Waals surface area contributed by atoms with Crippen LogP contribution in [0.25, 0.3) is 0 Å². The zero-order valence-corrected chi connectivity index (χ0v) is 9.43. The number of ether oxygens (including phenoxy) is 1. The highest BCUT2D eigenvalue weighted by Gasteiger charge is 2.24. The summed E-state index contributed by atoms with van der Waals surface area (Å²) < 4.78 is 5.08. The Morgan fingerprint density at radius 1 is 1.53 bits per heavy atom. The number of carboxylic acid groups (broad SMARTS) is 1. The van der Waals surface area contributed by atoms with E-state index in [0.717, 1.165) is 5.56 Å². The van der Waals surface area contributed by atoms with E-state index in [1.165, 1.54) is 4.90 Å². The van der Waals surface area contributed by atoms with Crippen LogP contribution in [-0.4, -0.2) is 37.0 Å². The normalized spacial score (nSPS) is 14.4. The van der Waals surface area contributed by atoms with E-state index >= 15 is 0 Å². The summed E-state index contributed by atoms with van der Waals surface area (Å²) in [6, 6.07) is 5.17. The van der Waals surface area contributed by atoms with Gasteiger partial charge in [0, 0.05) is 12.1 Å². The van der Waals surface area contributed by atoms with E-state index in [2.05, 4.69) is 0 Å². The zero-order valence-electron chi connectivity index (χ0n) is 9.43. The summed E-state index contributed by atoms with van der Waals surface area (Å²) in [7, 11) is 1.56. The van der Waals surface area contributed by atoms with Gasteiger partial charge >= 0.3 is 0 Å². The lowest BCUT2D eigenvalue weighted by Crippen LogP contribution is -2.44. The molecule has 5 heteroatoms. The molecule has 1 aliphatic rings. The Bertz CT molecular complexity index is 470. The zero-order chi connectivity index (χ0) is 12.4. The van der Waals surface area contributed by atoms with Crippen LogP contribution in [0.15, 0.2) is 18.2 Å². The van der Waals surface area contributed by atoms with Crippen LogP contribution in [0, 0.1) is 0 Å². The standard InChI is InChI=1S/C12H13NO4/c1-17-9-2-3-10-8(6-9)4-5-13(12(10)16)7-11(14)15/h2-3,6H,4-5,7H2,1H3,(H,14,15)/p-1. The fourth-order valence-corrected chi connectivity index (χ4v) is 1.95. The number of benzene rings is 1. The number of hydrogen-bond acceptors (Lipinski definition) is 4. The quantitative estimate of drug-likeness (QED) is 0.703. The van der Waals surface area contributed by atoms with Gasteiger partial charge in [-0.2, -0.15) is 0 Å². The van der Waals surface area contributed by atoms with Crippen molar-refractivity contribution in [2.45, 2.75) is 6.42 Å². The first-order chi connectivity index (χ1) is 8.11. The molecule has 0 spiro atoms. The van der Waals surface area contributed by atoms with Gasteiger partial charge in [0.15, 0.2) is 0 Å². The Balaban J connectivity index is 2.27. The molecule has 0 aliphatic carbocycles. The van der Waals surface area contributed by atoms with Crippen molar-refractivity contribution in [2.75, 3.05) is 20.2 Å². The average Bonchev–Trinajstić information content (AvgIpc) is 2.32. The lowest BCUT2D eigenvalue weighted by Gasteiger charge is -2.29. The van der Waals surface area contributed by atoms with Gasteiger partial charge in [0.25, 0.3) is 5.91 Å². The van der Waals surface area contributed by atoms with Gasteiger partial charge < -0.3 is 19.5 Å². The lowest BCUT2D eigenvalue weighted by atomic mass is 9.99. The highest BCUT2D eigenvalue weighted by atomic mass is 16.5. The van der Waals surface area contributed by atoms with Gasteiger partial charge in [0.2, 0.25) is 0 Å². The summed E-state index contributed by atoms with van der Waals surface area (Å²) in [4.78, 5) is 23.7. The Hall–Kier alpha value is -2.04. The van der Waals surface area contributed by atoms with Crippen molar-refractivity contribution in [3.63, 3.8) is 0 Å². The molecule has 0 bridgehead atoms. The first-order valence-corrected chi connectivity index (χ1v) is 5.28. The number of carboxylic acids is 1. The molecule has 0 radical (unpaired) electrons. The summed E-state index contributed by atoms with van der Waals surface area (Å²) in [5.41, 5.74) is 1.43. The molecule has 0 saturated heterocycles. The number of amides is 1. The van der Waals surface area contributed by atoms with Crippen LogP contribution < -0.4 is 9.84 Å². The van der Waals surface area contributed by atoms with E-state index in [1.54, 1.807) is 19.2 Å². The van der Waals surface area contributed by atoms with Crippen LogP contribution in [0.5, 0.6) is 5.75 Å². The SMILES string of the molecule is COc1ccc2c(c1)CCN(CC(=O)[O-])C2=O. The van der Waals surface area contributed by atoms with Gasteiger partial charge in [-0.1, -0.05) is 0 Å². The molecule has 1 aromatic rings. The number of rotatable bonds is 3. The highest BCUT2D eigenvalue weighted by molar-refractivity contribution is 5.98. The molecule has 0 aromatic heterocycles. The van der Waals surface area contributed by atoms with Gasteiger partial charge in [-0.05, 0) is 30.2 Å². The van der Waals surface area contributed by atoms with Gasteiger partial charge in [0.1, 0.15) is 5.75 Å². The molecule has 1 amide bonds. The van der Waals surface area contributed by atoms with Crippen LogP contribution >= 0.6 is 0 Å². The number of carbonyl (C=O) groups excluding carboxylic acids is 2. The summed E-state index contributed by atoms with van der Waals surface area (Å²) >= 11 is 0. The number of hydrogen-bond donors (Lipinski definition) is 0. The molecule has 0 saturated carbocycles. The van der Waals surface area contributed by atoms with E-state index in [9.17, 15) is 14.7 Å². The second-order valence-electron chi connectivity index (χ2n) is 3.87. The predicted octanol–water partition coefficient (Wildman–Crippen LogP) is -0.557. The molecule has 1 aromatic carbocycles. The lowest BCUT2D eigenvalue weighted by molar-refractivity contribution is -0.305. The number of fused-ring (bicyclic) bond motifs is 1. The molecule has 5 nitrogen and oxygen atoms in total. The van der Waals surface area contributed by atoms with Gasteiger partial charge in [-0.15, -0.1) is 0 Å². The van der Waals surface area contributed by atoms with E-state index < -0.39 is 5.97 Å². The minimum absolute atomic E-state index is 0.266. The van der Waals surface area contributed by atoms with E-state index in [0.29, 0.717) is 24.3 Å². The van der Waals surface area contributed by atoms with Gasteiger partial charge in [-0.3, -0.25) is 4.79 Å². The predicted molar refractivity (Wildman–Crippen MR) is 57.6 cm³/mol. The van der Waals surface area contributed by atoms with Crippen LogP contribution in [0.3, 0.4) is 0 Å². The fourth-order valence-electron chi connectivity index (χ4n) is 1.95. The van der Waals surface area contributed by atoms with E-state index in [1.807, 2.05) is 6.07 Å². The number of nitrogens with zero attached hydrogens (tertiary/aromatic N) is 1. The maximum Gasteiger partial charge on any atom is 0.254 e. The summed E-state index contributed by atoms with van der Waals surface area (Å²) in [6.07, 6.45) is 0.631. The summed E-state index contributed by atoms with van der Waals surface area (Å²) in [5.74, 6) is -0.807. The minimum Gasteiger partial charge on any atom is -0.548 e. The monoisotopic (exact) mass is 234 g/mol. The molecule has 0 atom stereocenters. The van der Waals surface area contributed by atoms with Crippen LogP contribution in [0.2, 0.25) is 0 Å². The molecule has 2 rings (SSSR count). The maximum absolute atomic E-state index is 11.9. The number of aliphatic carboxylic acids is 1. The molecule has 0 N–H and O–H groups in total. The number of methoxy groups -OCH3 is 1. The van der Waals surface area contributed by atoms with E-state index in [4.69, 9.17) is 4.74 Å². The average molecular weight is 234 g/mol. The molecule has 0 fully saturated rings. The Labute approximate surface area is 98.6 Å². The van der Waals surface area contributed by atoms with Gasteiger partial charge in [0.05, 0.1) is 19.6 Å². The maximum atomic E-state index is 11.9. The minimum atomic E-state index is -1.24. The first kappa shape index (κ1) is 11.4. The van der Waals surface area contributed by atoms with Crippen LogP contribution in [0.1, 0.15) is 15.9 Å². The number of carbonyl (C=O) groups is 2. The second-order valence-corrected chi connectivity index (χ2v) is 3.87. The van der Waals surface area contributed by atoms with Crippen molar-refractivity contribution in [3.8, 4) is 5.75 Å². The summed E-state index contributed by atoms with van der Waals surface area (Å²) in [5, 5.41) is 10.5. The fraction of sp³-hybridized carbons (Fsp3) is 0.333. The third kappa shape index (κ3) is 2.22. The smallest absolute Gasteiger partial charge is 0.254 e. The molecular weight excluding hydrogens is 222 g/mol. The van der Waals surface area contributed by atoms with Gasteiger partial charge in [-0.25, -0.2) is 0 Å². The summed E-state index contributed by atoms with van der Waals surface area (Å²) in [6.45, 7) is 0.0390.